The molecule has 0 radical (unpaired) electrons. The van der Waals surface area contributed by atoms with E-state index in [1.54, 1.807) is 23.6 Å². The third-order valence-corrected chi connectivity index (χ3v) is 4.72. The van der Waals surface area contributed by atoms with Crippen LogP contribution in [-0.4, -0.2) is 15.9 Å². The van der Waals surface area contributed by atoms with E-state index in [-0.39, 0.29) is 11.9 Å². The van der Waals surface area contributed by atoms with Crippen molar-refractivity contribution < 1.29 is 4.79 Å². The first-order valence-electron chi connectivity index (χ1n) is 7.25. The van der Waals surface area contributed by atoms with E-state index in [1.807, 2.05) is 6.92 Å². The summed E-state index contributed by atoms with van der Waals surface area (Å²) in [6.07, 6.45) is 3.95. The molecule has 1 aliphatic rings. The maximum absolute atomic E-state index is 12.3. The molecule has 5 heteroatoms. The monoisotopic (exact) mass is 301 g/mol. The van der Waals surface area contributed by atoms with Gasteiger partial charge in [0.2, 0.25) is 0 Å². The molecule has 4 nitrogen and oxygen atoms in total. The van der Waals surface area contributed by atoms with Crippen molar-refractivity contribution in [1.82, 2.24) is 15.3 Å². The Morgan fingerprint density at radius 1 is 1.43 bits per heavy atom. The molecule has 1 fully saturated rings. The third-order valence-electron chi connectivity index (χ3n) is 3.74. The lowest BCUT2D eigenvalue weighted by atomic mass is 10.1. The normalized spacial score (nSPS) is 15.8. The Bertz CT molecular complexity index is 676. The first-order chi connectivity index (χ1) is 10.0. The minimum Gasteiger partial charge on any atom is -0.344 e. The Labute approximate surface area is 128 Å². The molecule has 1 unspecified atom stereocenters. The van der Waals surface area contributed by atoms with Crippen LogP contribution in [0, 0.1) is 13.8 Å². The predicted octanol–water partition coefficient (Wildman–Crippen LogP) is 3.52. The lowest BCUT2D eigenvalue weighted by Gasteiger charge is -2.13. The molecule has 0 bridgehead atoms. The summed E-state index contributed by atoms with van der Waals surface area (Å²) in [5, 5.41) is 3.03. The number of carbonyl (C=O) groups is 1. The number of hydrogen-bond acceptors (Lipinski definition) is 4. The minimum absolute atomic E-state index is 0.0122. The third kappa shape index (κ3) is 3.13. The van der Waals surface area contributed by atoms with Crippen LogP contribution in [0.25, 0.3) is 0 Å². The highest BCUT2D eigenvalue weighted by Gasteiger charge is 2.27. The average Bonchev–Trinajstić information content (AvgIpc) is 3.24. The van der Waals surface area contributed by atoms with Crippen LogP contribution in [0.2, 0.25) is 0 Å². The average molecular weight is 301 g/mol. The molecule has 2 heterocycles. The summed E-state index contributed by atoms with van der Waals surface area (Å²) in [6, 6.07) is 3.81. The summed E-state index contributed by atoms with van der Waals surface area (Å²) in [5.41, 5.74) is 1.64. The predicted molar refractivity (Wildman–Crippen MR) is 83.7 cm³/mol. The van der Waals surface area contributed by atoms with E-state index < -0.39 is 0 Å². The number of rotatable bonds is 4. The number of nitrogens with zero attached hydrogens (tertiary/aromatic N) is 2. The molecule has 1 N–H and O–H groups in total. The van der Waals surface area contributed by atoms with Gasteiger partial charge in [-0.2, -0.15) is 0 Å². The summed E-state index contributed by atoms with van der Waals surface area (Å²) < 4.78 is 0. The Kier molecular flexibility index (Phi) is 3.76. The summed E-state index contributed by atoms with van der Waals surface area (Å²) >= 11 is 1.76. The summed E-state index contributed by atoms with van der Waals surface area (Å²) in [5.74, 6) is 1.13. The van der Waals surface area contributed by atoms with E-state index in [0.29, 0.717) is 11.6 Å². The molecule has 1 aliphatic carbocycles. The van der Waals surface area contributed by atoms with Gasteiger partial charge < -0.3 is 5.32 Å². The second-order valence-electron chi connectivity index (χ2n) is 5.64. The Morgan fingerprint density at radius 2 is 2.19 bits per heavy atom. The molecule has 110 valence electrons. The van der Waals surface area contributed by atoms with Crippen LogP contribution in [-0.2, 0) is 0 Å². The fourth-order valence-corrected chi connectivity index (χ4v) is 3.49. The fraction of sp³-hybridized carbons (Fsp3) is 0.438. The highest BCUT2D eigenvalue weighted by atomic mass is 32.1. The van der Waals surface area contributed by atoms with Crippen LogP contribution in [0.1, 0.15) is 63.4 Å². The van der Waals surface area contributed by atoms with Gasteiger partial charge in [0.25, 0.3) is 5.91 Å². The molecule has 1 saturated carbocycles. The molecule has 1 atom stereocenters. The number of hydrogen-bond donors (Lipinski definition) is 1. The molecule has 0 saturated heterocycles. The highest BCUT2D eigenvalue weighted by Crippen LogP contribution is 2.37. The Morgan fingerprint density at radius 3 is 2.81 bits per heavy atom. The summed E-state index contributed by atoms with van der Waals surface area (Å²) in [4.78, 5) is 23.5. The van der Waals surface area contributed by atoms with Crippen molar-refractivity contribution in [2.45, 2.75) is 45.6 Å². The van der Waals surface area contributed by atoms with Crippen molar-refractivity contribution in [3.8, 4) is 0 Å². The highest BCUT2D eigenvalue weighted by molar-refractivity contribution is 7.12. The van der Waals surface area contributed by atoms with E-state index in [9.17, 15) is 4.79 Å². The first kappa shape index (κ1) is 14.2. The molecule has 2 aromatic rings. The van der Waals surface area contributed by atoms with Gasteiger partial charge in [0.1, 0.15) is 11.5 Å². The number of aromatic nitrogens is 2. The quantitative estimate of drug-likeness (QED) is 0.940. The van der Waals surface area contributed by atoms with Crippen molar-refractivity contribution in [1.29, 1.82) is 0 Å². The van der Waals surface area contributed by atoms with Crippen LogP contribution in [0.3, 0.4) is 0 Å². The number of carbonyl (C=O) groups excluding carboxylic acids is 1. The van der Waals surface area contributed by atoms with Crippen LogP contribution >= 0.6 is 11.3 Å². The van der Waals surface area contributed by atoms with Crippen LogP contribution in [0.5, 0.6) is 0 Å². The lowest BCUT2D eigenvalue weighted by molar-refractivity contribution is 0.0934. The van der Waals surface area contributed by atoms with Gasteiger partial charge in [-0.1, -0.05) is 0 Å². The van der Waals surface area contributed by atoms with Gasteiger partial charge in [0, 0.05) is 21.9 Å². The summed E-state index contributed by atoms with van der Waals surface area (Å²) in [6.45, 7) is 6.18. The maximum Gasteiger partial charge on any atom is 0.270 e. The zero-order chi connectivity index (χ0) is 15.0. The number of amides is 1. The van der Waals surface area contributed by atoms with Crippen molar-refractivity contribution in [3.63, 3.8) is 0 Å². The molecule has 21 heavy (non-hydrogen) atoms. The zero-order valence-electron chi connectivity index (χ0n) is 12.5. The van der Waals surface area contributed by atoms with Crippen molar-refractivity contribution in [3.05, 3.63) is 45.2 Å². The van der Waals surface area contributed by atoms with Gasteiger partial charge >= 0.3 is 0 Å². The molecular weight excluding hydrogens is 282 g/mol. The molecule has 1 amide bonds. The van der Waals surface area contributed by atoms with E-state index >= 15 is 0 Å². The smallest absolute Gasteiger partial charge is 0.270 e. The van der Waals surface area contributed by atoms with E-state index in [1.165, 1.54) is 15.3 Å². The maximum atomic E-state index is 12.3. The molecule has 2 aromatic heterocycles. The fourth-order valence-electron chi connectivity index (χ4n) is 2.47. The van der Waals surface area contributed by atoms with Gasteiger partial charge in [-0.15, -0.1) is 11.3 Å². The second-order valence-corrected chi connectivity index (χ2v) is 7.10. The van der Waals surface area contributed by atoms with E-state index in [2.05, 4.69) is 35.2 Å². The number of nitrogens with one attached hydrogen (secondary N) is 1. The van der Waals surface area contributed by atoms with Crippen LogP contribution in [0.15, 0.2) is 18.3 Å². The minimum atomic E-state index is -0.130. The number of thiophene rings is 1. The first-order valence-corrected chi connectivity index (χ1v) is 8.07. The molecule has 3 rings (SSSR count). The zero-order valence-corrected chi connectivity index (χ0v) is 13.3. The van der Waals surface area contributed by atoms with E-state index in [4.69, 9.17) is 0 Å². The molecule has 0 spiro atoms. The van der Waals surface area contributed by atoms with Crippen molar-refractivity contribution in [2.75, 3.05) is 0 Å². The van der Waals surface area contributed by atoms with Gasteiger partial charge in [0.15, 0.2) is 0 Å². The molecule has 0 aliphatic heterocycles. The second kappa shape index (κ2) is 5.56. The standard InChI is InChI=1S/C16H19N3OS/c1-9-8-13(11(3)21-9)10(2)18-16(20)14-6-7-17-15(19-14)12-4-5-12/h6-8,10,12H,4-5H2,1-3H3,(H,18,20). The molecular formula is C16H19N3OS. The van der Waals surface area contributed by atoms with Gasteiger partial charge in [-0.3, -0.25) is 4.79 Å². The van der Waals surface area contributed by atoms with Crippen LogP contribution < -0.4 is 5.32 Å². The van der Waals surface area contributed by atoms with Crippen molar-refractivity contribution >= 4 is 17.2 Å². The topological polar surface area (TPSA) is 54.9 Å². The van der Waals surface area contributed by atoms with Gasteiger partial charge in [0.05, 0.1) is 6.04 Å². The van der Waals surface area contributed by atoms with Gasteiger partial charge in [-0.25, -0.2) is 9.97 Å². The Balaban J connectivity index is 1.73. The SMILES string of the molecule is Cc1cc(C(C)NC(=O)c2ccnc(C3CC3)n2)c(C)s1. The largest absolute Gasteiger partial charge is 0.344 e. The van der Waals surface area contributed by atoms with Crippen LogP contribution in [0.4, 0.5) is 0 Å². The lowest BCUT2D eigenvalue weighted by Crippen LogP contribution is -2.27. The summed E-state index contributed by atoms with van der Waals surface area (Å²) in [7, 11) is 0. The Hall–Kier alpha value is -1.75. The number of aryl methyl sites for hydroxylation is 2. The molecule has 0 aromatic carbocycles. The van der Waals surface area contributed by atoms with E-state index in [0.717, 1.165) is 18.7 Å². The van der Waals surface area contributed by atoms with Gasteiger partial charge in [-0.05, 0) is 51.3 Å². The van der Waals surface area contributed by atoms with Crippen molar-refractivity contribution in [2.24, 2.45) is 0 Å².